The normalized spacial score (nSPS) is 9.83. The zero-order valence-corrected chi connectivity index (χ0v) is 9.81. The molecule has 2 aromatic carbocycles. The lowest BCUT2D eigenvalue weighted by molar-refractivity contribution is 0.102. The maximum absolute atomic E-state index is 12.0. The van der Waals surface area contributed by atoms with Crippen molar-refractivity contribution in [3.63, 3.8) is 0 Å². The van der Waals surface area contributed by atoms with E-state index in [1.807, 2.05) is 18.2 Å². The third-order valence-corrected chi connectivity index (χ3v) is 2.43. The molecule has 0 atom stereocenters. The number of phenols is 1. The Morgan fingerprint density at radius 3 is 2.67 bits per heavy atom. The maximum atomic E-state index is 12.0. The summed E-state index contributed by atoms with van der Waals surface area (Å²) in [5.74, 6) is -0.380. The minimum atomic E-state index is -0.408. The molecule has 0 bridgehead atoms. The molecule has 2 rings (SSSR count). The summed E-state index contributed by atoms with van der Waals surface area (Å²) in [4.78, 5) is 12.0. The van der Waals surface area contributed by atoms with E-state index < -0.39 is 5.91 Å². The van der Waals surface area contributed by atoms with Crippen LogP contribution in [0.5, 0.6) is 11.5 Å². The second kappa shape index (κ2) is 5.23. The zero-order valence-electron chi connectivity index (χ0n) is 9.81. The second-order valence-electron chi connectivity index (χ2n) is 3.61. The highest BCUT2D eigenvalue weighted by Crippen LogP contribution is 2.29. The van der Waals surface area contributed by atoms with Gasteiger partial charge < -0.3 is 15.2 Å². The van der Waals surface area contributed by atoms with E-state index in [9.17, 15) is 9.90 Å². The molecule has 0 aliphatic heterocycles. The molecule has 4 nitrogen and oxygen atoms in total. The lowest BCUT2D eigenvalue weighted by atomic mass is 10.1. The van der Waals surface area contributed by atoms with Crippen molar-refractivity contribution in [1.82, 2.24) is 0 Å². The van der Waals surface area contributed by atoms with Gasteiger partial charge in [0.05, 0.1) is 12.7 Å². The predicted octanol–water partition coefficient (Wildman–Crippen LogP) is 2.45. The lowest BCUT2D eigenvalue weighted by Gasteiger charge is -2.09. The van der Waals surface area contributed by atoms with Gasteiger partial charge in [-0.2, -0.15) is 0 Å². The van der Waals surface area contributed by atoms with Crippen LogP contribution in [0.15, 0.2) is 42.5 Å². The van der Waals surface area contributed by atoms with Gasteiger partial charge in [-0.25, -0.2) is 0 Å². The first kappa shape index (κ1) is 12.0. The van der Waals surface area contributed by atoms with Crippen molar-refractivity contribution in [2.75, 3.05) is 12.4 Å². The number of carbonyl (C=O) groups is 1. The fraction of sp³-hybridized carbons (Fsp3) is 0.0714. The Labute approximate surface area is 105 Å². The molecule has 91 valence electrons. The van der Waals surface area contributed by atoms with Crippen LogP contribution in [0.3, 0.4) is 0 Å². The van der Waals surface area contributed by atoms with E-state index in [4.69, 9.17) is 4.74 Å². The van der Waals surface area contributed by atoms with Gasteiger partial charge >= 0.3 is 0 Å². The van der Waals surface area contributed by atoms with Gasteiger partial charge in [-0.15, -0.1) is 0 Å². The monoisotopic (exact) mass is 242 g/mol. The number of para-hydroxylation sites is 1. The van der Waals surface area contributed by atoms with Crippen molar-refractivity contribution < 1.29 is 14.6 Å². The van der Waals surface area contributed by atoms with Crippen LogP contribution in [-0.2, 0) is 0 Å². The van der Waals surface area contributed by atoms with E-state index in [0.29, 0.717) is 5.69 Å². The highest BCUT2D eigenvalue weighted by Gasteiger charge is 2.14. The molecule has 2 N–H and O–H groups in total. The number of hydrogen-bond donors (Lipinski definition) is 2. The Morgan fingerprint density at radius 2 is 2.00 bits per heavy atom. The van der Waals surface area contributed by atoms with Crippen LogP contribution in [0.25, 0.3) is 0 Å². The van der Waals surface area contributed by atoms with Crippen LogP contribution in [0, 0.1) is 6.07 Å². The number of benzene rings is 2. The first-order valence-electron chi connectivity index (χ1n) is 5.36. The number of anilines is 1. The number of rotatable bonds is 3. The molecule has 0 aliphatic carbocycles. The molecule has 0 heterocycles. The van der Waals surface area contributed by atoms with Crippen LogP contribution in [0.2, 0.25) is 0 Å². The average molecular weight is 242 g/mol. The highest BCUT2D eigenvalue weighted by molar-refractivity contribution is 6.06. The van der Waals surface area contributed by atoms with Crippen molar-refractivity contribution in [3.8, 4) is 11.5 Å². The SMILES string of the molecule is COc1c[c]cc(C(=O)Nc2ccccc2)c1O. The van der Waals surface area contributed by atoms with E-state index >= 15 is 0 Å². The summed E-state index contributed by atoms with van der Waals surface area (Å²) < 4.78 is 4.92. The van der Waals surface area contributed by atoms with E-state index in [-0.39, 0.29) is 17.1 Å². The van der Waals surface area contributed by atoms with Crippen molar-refractivity contribution >= 4 is 11.6 Å². The highest BCUT2D eigenvalue weighted by atomic mass is 16.5. The van der Waals surface area contributed by atoms with Gasteiger partial charge in [-0.3, -0.25) is 4.79 Å². The summed E-state index contributed by atoms with van der Waals surface area (Å²) >= 11 is 0. The molecule has 0 fully saturated rings. The maximum Gasteiger partial charge on any atom is 0.259 e. The Bertz CT molecular complexity index is 552. The zero-order chi connectivity index (χ0) is 13.0. The number of ether oxygens (including phenoxy) is 1. The number of phenolic OH excluding ortho intramolecular Hbond substituents is 1. The van der Waals surface area contributed by atoms with Crippen LogP contribution >= 0.6 is 0 Å². The fourth-order valence-corrected chi connectivity index (χ4v) is 1.52. The number of methoxy groups -OCH3 is 1. The molecular weight excluding hydrogens is 230 g/mol. The van der Waals surface area contributed by atoms with Gasteiger partial charge in [0.1, 0.15) is 0 Å². The quantitative estimate of drug-likeness (QED) is 0.869. The standard InChI is InChI=1S/C14H12NO3/c1-18-12-9-5-8-11(13(12)16)14(17)15-10-6-3-2-4-7-10/h2-4,6-9,16H,1H3,(H,15,17). The third-order valence-electron chi connectivity index (χ3n) is 2.43. The summed E-state index contributed by atoms with van der Waals surface area (Å²) in [6, 6.07) is 14.6. The largest absolute Gasteiger partial charge is 0.504 e. The number of aromatic hydroxyl groups is 1. The molecule has 1 radical (unpaired) electrons. The van der Waals surface area contributed by atoms with Gasteiger partial charge in [0.15, 0.2) is 11.5 Å². The second-order valence-corrected chi connectivity index (χ2v) is 3.61. The fourth-order valence-electron chi connectivity index (χ4n) is 1.52. The Kier molecular flexibility index (Phi) is 3.48. The molecule has 0 aromatic heterocycles. The Hall–Kier alpha value is -2.49. The summed E-state index contributed by atoms with van der Waals surface area (Å²) in [5.41, 5.74) is 0.780. The number of nitrogens with one attached hydrogen (secondary N) is 1. The average Bonchev–Trinajstić information content (AvgIpc) is 2.40. The molecule has 2 aromatic rings. The van der Waals surface area contributed by atoms with Crippen LogP contribution in [0.1, 0.15) is 10.4 Å². The minimum absolute atomic E-state index is 0.123. The molecule has 1 amide bonds. The Morgan fingerprint density at radius 1 is 1.28 bits per heavy atom. The molecule has 18 heavy (non-hydrogen) atoms. The minimum Gasteiger partial charge on any atom is -0.504 e. The van der Waals surface area contributed by atoms with Gasteiger partial charge in [0.2, 0.25) is 0 Å². The molecular formula is C14H12NO3. The van der Waals surface area contributed by atoms with Crippen molar-refractivity contribution in [3.05, 3.63) is 54.1 Å². The summed E-state index contributed by atoms with van der Waals surface area (Å²) in [7, 11) is 1.42. The predicted molar refractivity (Wildman–Crippen MR) is 67.9 cm³/mol. The van der Waals surface area contributed by atoms with Crippen molar-refractivity contribution in [1.29, 1.82) is 0 Å². The van der Waals surface area contributed by atoms with Gasteiger partial charge in [-0.1, -0.05) is 18.2 Å². The summed E-state index contributed by atoms with van der Waals surface area (Å²) in [6.45, 7) is 0. The lowest BCUT2D eigenvalue weighted by Crippen LogP contribution is -2.12. The molecule has 0 aliphatic rings. The number of hydrogen-bond acceptors (Lipinski definition) is 3. The number of amides is 1. The van der Waals surface area contributed by atoms with E-state index in [1.54, 1.807) is 12.1 Å². The smallest absolute Gasteiger partial charge is 0.259 e. The first-order valence-corrected chi connectivity index (χ1v) is 5.36. The molecule has 0 saturated heterocycles. The Balaban J connectivity index is 2.24. The molecule has 0 unspecified atom stereocenters. The van der Waals surface area contributed by atoms with E-state index in [1.165, 1.54) is 19.2 Å². The van der Waals surface area contributed by atoms with Gasteiger partial charge in [0, 0.05) is 5.69 Å². The van der Waals surface area contributed by atoms with Gasteiger partial charge in [0.25, 0.3) is 5.91 Å². The van der Waals surface area contributed by atoms with Crippen LogP contribution in [0.4, 0.5) is 5.69 Å². The summed E-state index contributed by atoms with van der Waals surface area (Å²) in [6.07, 6.45) is 0. The molecule has 0 spiro atoms. The van der Waals surface area contributed by atoms with Crippen molar-refractivity contribution in [2.24, 2.45) is 0 Å². The topological polar surface area (TPSA) is 58.6 Å². The number of carbonyl (C=O) groups excluding carboxylic acids is 1. The molecule has 0 saturated carbocycles. The van der Waals surface area contributed by atoms with Crippen LogP contribution < -0.4 is 10.1 Å². The molecule has 4 heteroatoms. The van der Waals surface area contributed by atoms with Crippen molar-refractivity contribution in [2.45, 2.75) is 0 Å². The summed E-state index contributed by atoms with van der Waals surface area (Å²) in [5, 5.41) is 12.5. The van der Waals surface area contributed by atoms with Gasteiger partial charge in [-0.05, 0) is 30.3 Å². The first-order chi connectivity index (χ1) is 8.72. The third kappa shape index (κ3) is 2.43. The van der Waals surface area contributed by atoms with E-state index in [0.717, 1.165) is 0 Å². The van der Waals surface area contributed by atoms with E-state index in [2.05, 4.69) is 11.4 Å². The van der Waals surface area contributed by atoms with Crippen LogP contribution in [-0.4, -0.2) is 18.1 Å².